The van der Waals surface area contributed by atoms with Crippen LogP contribution in [0.5, 0.6) is 0 Å². The summed E-state index contributed by atoms with van der Waals surface area (Å²) in [5.74, 6) is -3.00. The van der Waals surface area contributed by atoms with Crippen molar-refractivity contribution in [3.05, 3.63) is 24.3 Å². The van der Waals surface area contributed by atoms with Crippen LogP contribution in [0.3, 0.4) is 0 Å². The van der Waals surface area contributed by atoms with Crippen LogP contribution in [0.25, 0.3) is 0 Å². The number of rotatable bonds is 0. The maximum Gasteiger partial charge on any atom is 0.205 e. The lowest BCUT2D eigenvalue weighted by atomic mass is 9.37. The van der Waals surface area contributed by atoms with Gasteiger partial charge in [0.15, 0.2) is 11.6 Å². The van der Waals surface area contributed by atoms with Gasteiger partial charge in [0.25, 0.3) is 0 Å². The molecular formula is C20H24O5. The summed E-state index contributed by atoms with van der Waals surface area (Å²) in [6, 6.07) is 0. The monoisotopic (exact) mass is 344 g/mol. The molecule has 5 fully saturated rings. The summed E-state index contributed by atoms with van der Waals surface area (Å²) < 4.78 is 5.80. The van der Waals surface area contributed by atoms with Crippen LogP contribution in [0.15, 0.2) is 24.3 Å². The van der Waals surface area contributed by atoms with Gasteiger partial charge in [-0.1, -0.05) is 26.5 Å². The molecule has 0 aromatic heterocycles. The number of Topliss-reactive ketones (excluding diaryl/α,β-unsaturated/α-hetero) is 1. The van der Waals surface area contributed by atoms with E-state index < -0.39 is 34.1 Å². The number of hydrogen-bond donors (Lipinski definition) is 2. The van der Waals surface area contributed by atoms with Crippen molar-refractivity contribution in [3.63, 3.8) is 0 Å². The normalized spacial score (nSPS) is 55.3. The Balaban J connectivity index is 1.82. The maximum absolute atomic E-state index is 13.2. The fourth-order valence-electron chi connectivity index (χ4n) is 7.16. The van der Waals surface area contributed by atoms with Crippen LogP contribution in [-0.4, -0.2) is 40.3 Å². The number of ketones is 2. The van der Waals surface area contributed by atoms with Crippen molar-refractivity contribution in [2.24, 2.45) is 34.0 Å². The van der Waals surface area contributed by atoms with E-state index in [1.807, 2.05) is 19.9 Å². The number of aliphatic hydroxyl groups is 2. The second-order valence-electron chi connectivity index (χ2n) is 9.32. The number of fused-ring (bicyclic) bond motifs is 2. The molecule has 4 aliphatic carbocycles. The molecule has 2 spiro atoms. The van der Waals surface area contributed by atoms with E-state index in [1.165, 1.54) is 0 Å². The van der Waals surface area contributed by atoms with Gasteiger partial charge in [-0.25, -0.2) is 0 Å². The van der Waals surface area contributed by atoms with Crippen LogP contribution in [0.2, 0.25) is 0 Å². The highest BCUT2D eigenvalue weighted by Gasteiger charge is 2.84. The fourth-order valence-corrected chi connectivity index (χ4v) is 7.16. The smallest absolute Gasteiger partial charge is 0.205 e. The van der Waals surface area contributed by atoms with Crippen LogP contribution >= 0.6 is 0 Å². The van der Waals surface area contributed by atoms with Crippen LogP contribution < -0.4 is 0 Å². The predicted molar refractivity (Wildman–Crippen MR) is 88.2 cm³/mol. The average Bonchev–Trinajstić information content (AvgIpc) is 2.75. The molecule has 0 amide bonds. The molecule has 2 saturated heterocycles. The van der Waals surface area contributed by atoms with E-state index in [-0.39, 0.29) is 30.0 Å². The first-order valence-electron chi connectivity index (χ1n) is 9.14. The summed E-state index contributed by atoms with van der Waals surface area (Å²) >= 11 is 0. The third kappa shape index (κ3) is 1.36. The second kappa shape index (κ2) is 4.16. The Bertz CT molecular complexity index is 766. The van der Waals surface area contributed by atoms with Crippen LogP contribution in [0, 0.1) is 34.0 Å². The summed E-state index contributed by atoms with van der Waals surface area (Å²) in [6.45, 7) is 7.97. The highest BCUT2D eigenvalue weighted by molar-refractivity contribution is 6.06. The summed E-state index contributed by atoms with van der Waals surface area (Å²) in [7, 11) is 0. The lowest BCUT2D eigenvalue weighted by Crippen LogP contribution is -2.82. The molecule has 2 N–H and O–H groups in total. The van der Waals surface area contributed by atoms with Crippen LogP contribution in [-0.2, 0) is 14.3 Å². The quantitative estimate of drug-likeness (QED) is 0.649. The molecule has 6 aliphatic rings. The molecule has 2 heterocycles. The predicted octanol–water partition coefficient (Wildman–Crippen LogP) is 1.39. The molecule has 25 heavy (non-hydrogen) atoms. The van der Waals surface area contributed by atoms with Gasteiger partial charge in [-0.15, -0.1) is 0 Å². The number of hydrogen-bond acceptors (Lipinski definition) is 5. The molecule has 0 aromatic rings. The van der Waals surface area contributed by atoms with Gasteiger partial charge in [-0.3, -0.25) is 9.59 Å². The van der Waals surface area contributed by atoms with E-state index in [2.05, 4.69) is 6.58 Å². The molecule has 0 unspecified atom stereocenters. The Hall–Kier alpha value is -1.30. The first-order chi connectivity index (χ1) is 11.6. The number of carbonyl (C=O) groups is 2. The first kappa shape index (κ1) is 15.9. The number of allylic oxidation sites excluding steroid dienone is 3. The van der Waals surface area contributed by atoms with Crippen molar-refractivity contribution in [2.45, 2.75) is 45.0 Å². The molecule has 3 saturated carbocycles. The van der Waals surface area contributed by atoms with Crippen molar-refractivity contribution < 1.29 is 24.5 Å². The highest BCUT2D eigenvalue weighted by Crippen LogP contribution is 2.75. The molecule has 5 nitrogen and oxygen atoms in total. The topological polar surface area (TPSA) is 83.8 Å². The number of aliphatic hydroxyl groups excluding tert-OH is 1. The van der Waals surface area contributed by atoms with Crippen LogP contribution in [0.1, 0.15) is 33.1 Å². The van der Waals surface area contributed by atoms with Gasteiger partial charge in [0.2, 0.25) is 5.79 Å². The van der Waals surface area contributed by atoms with Gasteiger partial charge in [-0.05, 0) is 48.2 Å². The van der Waals surface area contributed by atoms with E-state index in [1.54, 1.807) is 6.08 Å². The second-order valence-corrected chi connectivity index (χ2v) is 9.32. The largest absolute Gasteiger partial charge is 0.387 e. The number of ether oxygens (including phenoxy) is 1. The molecule has 5 heteroatoms. The van der Waals surface area contributed by atoms with Gasteiger partial charge in [-0.2, -0.15) is 0 Å². The molecule has 134 valence electrons. The Morgan fingerprint density at radius 1 is 1.28 bits per heavy atom. The van der Waals surface area contributed by atoms with E-state index in [9.17, 15) is 19.8 Å². The summed E-state index contributed by atoms with van der Waals surface area (Å²) in [5, 5.41) is 22.7. The highest BCUT2D eigenvalue weighted by atomic mass is 16.6. The first-order valence-corrected chi connectivity index (χ1v) is 9.14. The minimum atomic E-state index is -1.94. The number of carbonyl (C=O) groups excluding carboxylic acids is 2. The molecule has 6 rings (SSSR count). The van der Waals surface area contributed by atoms with Crippen molar-refractivity contribution in [1.29, 1.82) is 0 Å². The van der Waals surface area contributed by atoms with Gasteiger partial charge in [0, 0.05) is 5.92 Å². The van der Waals surface area contributed by atoms with E-state index in [0.717, 1.165) is 6.42 Å². The molecule has 4 bridgehead atoms. The zero-order valence-corrected chi connectivity index (χ0v) is 14.6. The zero-order valence-electron chi connectivity index (χ0n) is 14.6. The molecular weight excluding hydrogens is 320 g/mol. The average molecular weight is 344 g/mol. The molecule has 0 aromatic carbocycles. The van der Waals surface area contributed by atoms with Gasteiger partial charge >= 0.3 is 0 Å². The lowest BCUT2D eigenvalue weighted by Gasteiger charge is -2.71. The minimum Gasteiger partial charge on any atom is -0.387 e. The Morgan fingerprint density at radius 3 is 2.72 bits per heavy atom. The minimum absolute atomic E-state index is 0.0139. The standard InChI is InChI=1S/C20H24O5/c1-10-11-4-5-12-18-9-25-20(24,19(12,8-11)15(10)22)16(23)14(18)17(2,3)7-6-13(18)21/h6-7,11-12,14,16,23-24H,1,4-5,8-9H2,2-3H3/t11-,12+,14-,16+,18-,19+,20-/m1/s1. The summed E-state index contributed by atoms with van der Waals surface area (Å²) in [4.78, 5) is 26.4. The van der Waals surface area contributed by atoms with E-state index in [0.29, 0.717) is 18.4 Å². The maximum atomic E-state index is 13.2. The molecule has 2 aliphatic heterocycles. The van der Waals surface area contributed by atoms with Crippen molar-refractivity contribution in [2.75, 3.05) is 6.61 Å². The van der Waals surface area contributed by atoms with Gasteiger partial charge in [0.05, 0.1) is 17.4 Å². The van der Waals surface area contributed by atoms with Crippen molar-refractivity contribution in [1.82, 2.24) is 0 Å². The molecule has 7 atom stereocenters. The van der Waals surface area contributed by atoms with E-state index >= 15 is 0 Å². The Labute approximate surface area is 146 Å². The Kier molecular flexibility index (Phi) is 2.65. The van der Waals surface area contributed by atoms with Crippen LogP contribution in [0.4, 0.5) is 0 Å². The van der Waals surface area contributed by atoms with Gasteiger partial charge < -0.3 is 14.9 Å². The van der Waals surface area contributed by atoms with E-state index in [4.69, 9.17) is 4.74 Å². The summed E-state index contributed by atoms with van der Waals surface area (Å²) in [6.07, 6.45) is 4.04. The van der Waals surface area contributed by atoms with Gasteiger partial charge in [0.1, 0.15) is 6.10 Å². The SMILES string of the molecule is C=C1C(=O)[C@]23C[C@H]1CC[C@H]2[C@@]12CO[C@]3(O)[C@@H](O)[C@@H]1C(C)(C)C=CC2=O. The van der Waals surface area contributed by atoms with Crippen molar-refractivity contribution in [3.8, 4) is 0 Å². The molecule has 0 radical (unpaired) electrons. The fraction of sp³-hybridized carbons (Fsp3) is 0.700. The van der Waals surface area contributed by atoms with Crippen molar-refractivity contribution >= 4 is 11.6 Å². The zero-order chi connectivity index (χ0) is 18.0. The summed E-state index contributed by atoms with van der Waals surface area (Å²) in [5.41, 5.74) is -2.14. The third-order valence-electron chi connectivity index (χ3n) is 8.14. The Morgan fingerprint density at radius 2 is 2.00 bits per heavy atom. The third-order valence-corrected chi connectivity index (χ3v) is 8.14. The lowest BCUT2D eigenvalue weighted by molar-refractivity contribution is -0.422.